The molecule has 3 saturated heterocycles. The highest BCUT2D eigenvalue weighted by Gasteiger charge is 2.47. The molecule has 5 atom stereocenters. The van der Waals surface area contributed by atoms with E-state index in [2.05, 4.69) is 38.4 Å². The molecular formula is C25H32N8O3S. The maximum atomic E-state index is 13.4. The third kappa shape index (κ3) is 4.70. The maximum absolute atomic E-state index is 13.4. The van der Waals surface area contributed by atoms with E-state index in [0.29, 0.717) is 29.5 Å². The first-order valence-electron chi connectivity index (χ1n) is 12.7. The summed E-state index contributed by atoms with van der Waals surface area (Å²) in [6, 6.07) is 7.38. The summed E-state index contributed by atoms with van der Waals surface area (Å²) in [6.07, 6.45) is 8.89. The van der Waals surface area contributed by atoms with Gasteiger partial charge in [0.2, 0.25) is 10.0 Å². The summed E-state index contributed by atoms with van der Waals surface area (Å²) in [5.74, 6) is 2.11. The van der Waals surface area contributed by atoms with Gasteiger partial charge in [-0.3, -0.25) is 15.4 Å². The summed E-state index contributed by atoms with van der Waals surface area (Å²) in [5.41, 5.74) is 7.27. The van der Waals surface area contributed by atoms with Crippen molar-refractivity contribution in [3.05, 3.63) is 42.9 Å². The number of hydrogen-bond donors (Lipinski definition) is 4. The zero-order valence-electron chi connectivity index (χ0n) is 20.9. The average Bonchev–Trinajstić information content (AvgIpc) is 3.44. The minimum atomic E-state index is -3.56. The van der Waals surface area contributed by atoms with Crippen molar-refractivity contribution in [3.8, 4) is 5.75 Å². The van der Waals surface area contributed by atoms with Crippen molar-refractivity contribution in [1.82, 2.24) is 30.1 Å². The maximum Gasteiger partial charge on any atom is 0.243 e. The topological polar surface area (TPSA) is 133 Å². The molecule has 3 unspecified atom stereocenters. The van der Waals surface area contributed by atoms with Gasteiger partial charge in [-0.15, -0.1) is 0 Å². The van der Waals surface area contributed by atoms with Crippen LogP contribution in [0.25, 0.3) is 10.9 Å². The van der Waals surface area contributed by atoms with E-state index < -0.39 is 10.0 Å². The van der Waals surface area contributed by atoms with Crippen LogP contribution in [-0.4, -0.2) is 65.1 Å². The first-order chi connectivity index (χ1) is 17.9. The van der Waals surface area contributed by atoms with Crippen LogP contribution in [-0.2, 0) is 10.0 Å². The number of ether oxygens (including phenoxy) is 1. The number of sulfonamides is 1. The average molecular weight is 525 g/mol. The SMILES string of the molecule is COc1cnc2cc(NC3CC(C)NN3)nc(NC3C[C@H]4CC[C@@H](C3)N4S(=O)(=O)c3ccncc3)c2c1. The molecule has 3 fully saturated rings. The van der Waals surface area contributed by atoms with Gasteiger partial charge in [0.15, 0.2) is 0 Å². The minimum Gasteiger partial charge on any atom is -0.495 e. The van der Waals surface area contributed by atoms with Crippen molar-refractivity contribution >= 4 is 32.6 Å². The molecule has 4 N–H and O–H groups in total. The molecule has 0 aliphatic carbocycles. The number of anilines is 2. The molecule has 2 bridgehead atoms. The van der Waals surface area contributed by atoms with Crippen molar-refractivity contribution < 1.29 is 13.2 Å². The van der Waals surface area contributed by atoms with Crippen LogP contribution >= 0.6 is 0 Å². The largest absolute Gasteiger partial charge is 0.495 e. The van der Waals surface area contributed by atoms with Crippen molar-refractivity contribution in [1.29, 1.82) is 0 Å². The van der Waals surface area contributed by atoms with E-state index in [1.165, 1.54) is 12.4 Å². The second-order valence-corrected chi connectivity index (χ2v) is 12.0. The molecule has 0 saturated carbocycles. The molecule has 3 aromatic heterocycles. The summed E-state index contributed by atoms with van der Waals surface area (Å²) in [7, 11) is -1.94. The molecule has 3 aliphatic heterocycles. The fourth-order valence-corrected chi connectivity index (χ4v) is 7.73. The molecule has 6 heterocycles. The molecule has 196 valence electrons. The van der Waals surface area contributed by atoms with Crippen LogP contribution in [0.5, 0.6) is 5.75 Å². The Labute approximate surface area is 216 Å². The predicted molar refractivity (Wildman–Crippen MR) is 141 cm³/mol. The number of rotatable bonds is 7. The molecule has 6 rings (SSSR count). The van der Waals surface area contributed by atoms with E-state index in [-0.39, 0.29) is 24.3 Å². The summed E-state index contributed by atoms with van der Waals surface area (Å²) < 4.78 is 34.0. The monoisotopic (exact) mass is 524 g/mol. The number of hydrazine groups is 1. The van der Waals surface area contributed by atoms with Gasteiger partial charge in [0.25, 0.3) is 0 Å². The quantitative estimate of drug-likeness (QED) is 0.365. The van der Waals surface area contributed by atoms with Crippen LogP contribution in [0.3, 0.4) is 0 Å². The Morgan fingerprint density at radius 3 is 2.49 bits per heavy atom. The lowest BCUT2D eigenvalue weighted by molar-refractivity contribution is 0.234. The molecule has 3 aliphatic rings. The zero-order chi connectivity index (χ0) is 25.6. The molecule has 0 aromatic carbocycles. The van der Waals surface area contributed by atoms with Crippen molar-refractivity contribution in [2.45, 2.75) is 74.3 Å². The van der Waals surface area contributed by atoms with Crippen LogP contribution in [0.2, 0.25) is 0 Å². The summed E-state index contributed by atoms with van der Waals surface area (Å²) in [5, 5.41) is 7.97. The van der Waals surface area contributed by atoms with Crippen LogP contribution in [0.15, 0.2) is 47.8 Å². The highest BCUT2D eigenvalue weighted by molar-refractivity contribution is 7.89. The summed E-state index contributed by atoms with van der Waals surface area (Å²) >= 11 is 0. The van der Waals surface area contributed by atoms with E-state index in [9.17, 15) is 8.42 Å². The Hall–Kier alpha value is -3.06. The van der Waals surface area contributed by atoms with Crippen molar-refractivity contribution in [2.75, 3.05) is 17.7 Å². The minimum absolute atomic E-state index is 0.0510. The molecule has 3 aromatic rings. The van der Waals surface area contributed by atoms with Gasteiger partial charge in [-0.1, -0.05) is 0 Å². The Balaban J connectivity index is 1.26. The second kappa shape index (κ2) is 9.67. The zero-order valence-corrected chi connectivity index (χ0v) is 21.7. The molecule has 0 spiro atoms. The molecule has 12 heteroatoms. The lowest BCUT2D eigenvalue weighted by atomic mass is 9.99. The third-order valence-corrected chi connectivity index (χ3v) is 9.56. The molecule has 0 amide bonds. The number of hydrogen-bond acceptors (Lipinski definition) is 10. The Morgan fingerprint density at radius 1 is 1.05 bits per heavy atom. The number of methoxy groups -OCH3 is 1. The lowest BCUT2D eigenvalue weighted by Crippen LogP contribution is -2.49. The van der Waals surface area contributed by atoms with Crippen LogP contribution in [0.4, 0.5) is 11.6 Å². The van der Waals surface area contributed by atoms with Gasteiger partial charge in [0.1, 0.15) is 17.4 Å². The summed E-state index contributed by atoms with van der Waals surface area (Å²) in [4.78, 5) is 13.8. The van der Waals surface area contributed by atoms with Crippen molar-refractivity contribution in [3.63, 3.8) is 0 Å². The molecular weight excluding hydrogens is 492 g/mol. The Morgan fingerprint density at radius 2 is 1.81 bits per heavy atom. The Kier molecular flexibility index (Phi) is 6.35. The van der Waals surface area contributed by atoms with Gasteiger partial charge in [-0.05, 0) is 57.2 Å². The van der Waals surface area contributed by atoms with E-state index in [0.717, 1.165) is 41.8 Å². The van der Waals surface area contributed by atoms with Crippen LogP contribution in [0, 0.1) is 0 Å². The van der Waals surface area contributed by atoms with Crippen LogP contribution in [0.1, 0.15) is 39.0 Å². The number of nitrogens with one attached hydrogen (secondary N) is 4. The Bertz CT molecular complexity index is 1380. The van der Waals surface area contributed by atoms with E-state index in [1.807, 2.05) is 12.1 Å². The van der Waals surface area contributed by atoms with Gasteiger partial charge >= 0.3 is 0 Å². The van der Waals surface area contributed by atoms with Gasteiger partial charge in [0.05, 0.1) is 29.9 Å². The molecule has 37 heavy (non-hydrogen) atoms. The molecule has 11 nitrogen and oxygen atoms in total. The smallest absolute Gasteiger partial charge is 0.243 e. The highest BCUT2D eigenvalue weighted by Crippen LogP contribution is 2.41. The summed E-state index contributed by atoms with van der Waals surface area (Å²) in [6.45, 7) is 2.12. The van der Waals surface area contributed by atoms with Gasteiger partial charge in [-0.2, -0.15) is 4.31 Å². The number of fused-ring (bicyclic) bond motifs is 3. The number of pyridine rings is 3. The van der Waals surface area contributed by atoms with E-state index in [4.69, 9.17) is 9.72 Å². The first-order valence-corrected chi connectivity index (χ1v) is 14.2. The van der Waals surface area contributed by atoms with Crippen LogP contribution < -0.4 is 26.2 Å². The highest BCUT2D eigenvalue weighted by atomic mass is 32.2. The fraction of sp³-hybridized carbons (Fsp3) is 0.480. The third-order valence-electron chi connectivity index (χ3n) is 7.54. The predicted octanol–water partition coefficient (Wildman–Crippen LogP) is 2.45. The standard InChI is InChI=1S/C25H32N8O3S/c1-15-9-24(32-31-15)29-23-13-22-21(12-19(36-2)14-27-22)25(30-23)28-16-10-17-3-4-18(11-16)33(17)37(34,35)20-5-7-26-8-6-20/h5-8,12-18,24,31-32H,3-4,9-11H2,1-2H3,(H2,28,29,30)/t15?,16?,17-,18+,24?. The van der Waals surface area contributed by atoms with Crippen molar-refractivity contribution in [2.24, 2.45) is 0 Å². The lowest BCUT2D eigenvalue weighted by Gasteiger charge is -2.38. The first kappa shape index (κ1) is 24.3. The van der Waals surface area contributed by atoms with E-state index in [1.54, 1.807) is 29.7 Å². The van der Waals surface area contributed by atoms with Gasteiger partial charge in [-0.25, -0.2) is 18.8 Å². The molecule has 0 radical (unpaired) electrons. The van der Waals surface area contributed by atoms with Gasteiger partial charge in [0, 0.05) is 48.0 Å². The second-order valence-electron chi connectivity index (χ2n) is 10.1. The fourth-order valence-electron chi connectivity index (χ4n) is 5.86. The van der Waals surface area contributed by atoms with E-state index >= 15 is 0 Å². The number of nitrogens with zero attached hydrogens (tertiary/aromatic N) is 4. The normalized spacial score (nSPS) is 27.9. The number of piperidine rings is 1. The van der Waals surface area contributed by atoms with Gasteiger partial charge < -0.3 is 15.4 Å². The number of aromatic nitrogens is 3.